The van der Waals surface area contributed by atoms with Crippen LogP contribution >= 0.6 is 11.6 Å². The molecular weight excluding hydrogens is 244 g/mol. The molecular formula is C11H15ClN2O3. The van der Waals surface area contributed by atoms with E-state index < -0.39 is 11.9 Å². The maximum Gasteiger partial charge on any atom is 0.219 e. The second-order valence-corrected chi connectivity index (χ2v) is 3.92. The number of benzene rings is 1. The summed E-state index contributed by atoms with van der Waals surface area (Å²) in [5.74, 6) is 0.433. The topological polar surface area (TPSA) is 87.6 Å². The van der Waals surface area contributed by atoms with Gasteiger partial charge in [-0.05, 0) is 17.7 Å². The van der Waals surface area contributed by atoms with Crippen LogP contribution in [-0.4, -0.2) is 20.1 Å². The van der Waals surface area contributed by atoms with Crippen LogP contribution in [0, 0.1) is 0 Å². The molecule has 5 nitrogen and oxygen atoms in total. The highest BCUT2D eigenvalue weighted by molar-refractivity contribution is 6.32. The summed E-state index contributed by atoms with van der Waals surface area (Å²) in [5, 5.41) is 0.377. The summed E-state index contributed by atoms with van der Waals surface area (Å²) in [4.78, 5) is 10.8. The summed E-state index contributed by atoms with van der Waals surface area (Å²) in [5.41, 5.74) is 11.6. The van der Waals surface area contributed by atoms with Crippen LogP contribution in [0.4, 0.5) is 0 Å². The minimum absolute atomic E-state index is 0.0474. The van der Waals surface area contributed by atoms with Gasteiger partial charge in [-0.15, -0.1) is 0 Å². The van der Waals surface area contributed by atoms with Gasteiger partial charge in [0, 0.05) is 12.5 Å². The van der Waals surface area contributed by atoms with E-state index in [2.05, 4.69) is 0 Å². The van der Waals surface area contributed by atoms with Crippen molar-refractivity contribution in [1.29, 1.82) is 0 Å². The van der Waals surface area contributed by atoms with Crippen molar-refractivity contribution in [2.45, 2.75) is 12.5 Å². The summed E-state index contributed by atoms with van der Waals surface area (Å²) in [7, 11) is 2.99. The molecule has 0 saturated carbocycles. The SMILES string of the molecule is COc1cc(C(N)CC(N)=O)cc(Cl)c1OC. The summed E-state index contributed by atoms with van der Waals surface area (Å²) < 4.78 is 10.2. The summed E-state index contributed by atoms with van der Waals surface area (Å²) in [6, 6.07) is 2.80. The molecule has 4 N–H and O–H groups in total. The van der Waals surface area contributed by atoms with E-state index in [9.17, 15) is 4.79 Å². The van der Waals surface area contributed by atoms with Crippen LogP contribution in [0.15, 0.2) is 12.1 Å². The number of hydrogen-bond donors (Lipinski definition) is 2. The lowest BCUT2D eigenvalue weighted by molar-refractivity contribution is -0.118. The second-order valence-electron chi connectivity index (χ2n) is 3.52. The Kier molecular flexibility index (Phi) is 4.60. The van der Waals surface area contributed by atoms with Gasteiger partial charge in [0.2, 0.25) is 5.91 Å². The zero-order chi connectivity index (χ0) is 13.0. The molecule has 1 unspecified atom stereocenters. The molecule has 0 bridgehead atoms. The third-order valence-electron chi connectivity index (χ3n) is 2.31. The normalized spacial score (nSPS) is 12.0. The van der Waals surface area contributed by atoms with Crippen molar-refractivity contribution in [1.82, 2.24) is 0 Å². The van der Waals surface area contributed by atoms with Crippen molar-refractivity contribution in [3.63, 3.8) is 0 Å². The Balaban J connectivity index is 3.10. The van der Waals surface area contributed by atoms with Crippen LogP contribution in [-0.2, 0) is 4.79 Å². The predicted molar refractivity (Wildman–Crippen MR) is 65.3 cm³/mol. The van der Waals surface area contributed by atoms with E-state index in [1.807, 2.05) is 0 Å². The fourth-order valence-corrected chi connectivity index (χ4v) is 1.78. The molecule has 0 radical (unpaired) electrons. The molecule has 0 saturated heterocycles. The fourth-order valence-electron chi connectivity index (χ4n) is 1.49. The quantitative estimate of drug-likeness (QED) is 0.832. The molecule has 1 rings (SSSR count). The third kappa shape index (κ3) is 3.25. The predicted octanol–water partition coefficient (Wildman–Crippen LogP) is 1.23. The molecule has 0 spiro atoms. The van der Waals surface area contributed by atoms with E-state index in [1.54, 1.807) is 12.1 Å². The summed E-state index contributed by atoms with van der Waals surface area (Å²) >= 11 is 6.02. The lowest BCUT2D eigenvalue weighted by Gasteiger charge is -2.15. The average molecular weight is 259 g/mol. The molecule has 0 heterocycles. The number of amides is 1. The zero-order valence-electron chi connectivity index (χ0n) is 9.70. The monoisotopic (exact) mass is 258 g/mol. The van der Waals surface area contributed by atoms with Gasteiger partial charge >= 0.3 is 0 Å². The number of carbonyl (C=O) groups is 1. The van der Waals surface area contributed by atoms with E-state index >= 15 is 0 Å². The van der Waals surface area contributed by atoms with Crippen LogP contribution < -0.4 is 20.9 Å². The number of carbonyl (C=O) groups excluding carboxylic acids is 1. The van der Waals surface area contributed by atoms with E-state index in [-0.39, 0.29) is 6.42 Å². The molecule has 17 heavy (non-hydrogen) atoms. The van der Waals surface area contributed by atoms with Crippen molar-refractivity contribution in [2.24, 2.45) is 11.5 Å². The Hall–Kier alpha value is -1.46. The van der Waals surface area contributed by atoms with E-state index in [1.165, 1.54) is 14.2 Å². The Morgan fingerprint density at radius 3 is 2.53 bits per heavy atom. The number of halogens is 1. The summed E-state index contributed by atoms with van der Waals surface area (Å²) in [6.07, 6.45) is 0.0474. The van der Waals surface area contributed by atoms with Gasteiger partial charge in [0.15, 0.2) is 11.5 Å². The minimum Gasteiger partial charge on any atom is -0.493 e. The van der Waals surface area contributed by atoms with Crippen molar-refractivity contribution >= 4 is 17.5 Å². The first-order valence-electron chi connectivity index (χ1n) is 4.95. The number of ether oxygens (including phenoxy) is 2. The lowest BCUT2D eigenvalue weighted by Crippen LogP contribution is -2.20. The average Bonchev–Trinajstić information content (AvgIpc) is 2.26. The van der Waals surface area contributed by atoms with E-state index in [0.29, 0.717) is 22.1 Å². The highest BCUT2D eigenvalue weighted by Crippen LogP contribution is 2.37. The van der Waals surface area contributed by atoms with Crippen LogP contribution in [0.3, 0.4) is 0 Å². The number of primary amides is 1. The van der Waals surface area contributed by atoms with Crippen LogP contribution in [0.1, 0.15) is 18.0 Å². The van der Waals surface area contributed by atoms with Crippen LogP contribution in [0.5, 0.6) is 11.5 Å². The fraction of sp³-hybridized carbons (Fsp3) is 0.364. The highest BCUT2D eigenvalue weighted by atomic mass is 35.5. The minimum atomic E-state index is -0.509. The molecule has 0 aliphatic carbocycles. The third-order valence-corrected chi connectivity index (χ3v) is 2.59. The molecule has 1 aromatic rings. The smallest absolute Gasteiger partial charge is 0.219 e. The van der Waals surface area contributed by atoms with Gasteiger partial charge in [-0.1, -0.05) is 11.6 Å². The first-order chi connectivity index (χ1) is 7.99. The number of hydrogen-bond acceptors (Lipinski definition) is 4. The molecule has 1 amide bonds. The largest absolute Gasteiger partial charge is 0.493 e. The Labute approximate surface area is 105 Å². The van der Waals surface area contributed by atoms with Gasteiger partial charge in [0.05, 0.1) is 19.2 Å². The lowest BCUT2D eigenvalue weighted by atomic mass is 10.0. The Morgan fingerprint density at radius 1 is 1.41 bits per heavy atom. The Morgan fingerprint density at radius 2 is 2.06 bits per heavy atom. The zero-order valence-corrected chi connectivity index (χ0v) is 10.5. The van der Waals surface area contributed by atoms with Crippen LogP contribution in [0.25, 0.3) is 0 Å². The second kappa shape index (κ2) is 5.75. The Bertz CT molecular complexity index is 423. The van der Waals surface area contributed by atoms with Gasteiger partial charge < -0.3 is 20.9 Å². The van der Waals surface area contributed by atoms with E-state index in [0.717, 1.165) is 0 Å². The van der Waals surface area contributed by atoms with Crippen molar-refractivity contribution in [3.05, 3.63) is 22.7 Å². The molecule has 0 aromatic heterocycles. The molecule has 1 aromatic carbocycles. The van der Waals surface area contributed by atoms with Crippen molar-refractivity contribution in [2.75, 3.05) is 14.2 Å². The molecule has 0 aliphatic heterocycles. The van der Waals surface area contributed by atoms with Gasteiger partial charge in [-0.2, -0.15) is 0 Å². The molecule has 6 heteroatoms. The van der Waals surface area contributed by atoms with Crippen molar-refractivity contribution < 1.29 is 14.3 Å². The van der Waals surface area contributed by atoms with Gasteiger partial charge in [-0.3, -0.25) is 4.79 Å². The first-order valence-corrected chi connectivity index (χ1v) is 5.32. The van der Waals surface area contributed by atoms with Crippen molar-refractivity contribution in [3.8, 4) is 11.5 Å². The maximum atomic E-state index is 10.8. The molecule has 0 fully saturated rings. The van der Waals surface area contributed by atoms with Gasteiger partial charge in [-0.25, -0.2) is 0 Å². The van der Waals surface area contributed by atoms with Crippen LogP contribution in [0.2, 0.25) is 5.02 Å². The molecule has 1 atom stereocenters. The maximum absolute atomic E-state index is 10.8. The number of nitrogens with two attached hydrogens (primary N) is 2. The number of rotatable bonds is 5. The van der Waals surface area contributed by atoms with Gasteiger partial charge in [0.1, 0.15) is 0 Å². The standard InChI is InChI=1S/C11H15ClN2O3/c1-16-9-4-6(8(13)5-10(14)15)3-7(12)11(9)17-2/h3-4,8H,5,13H2,1-2H3,(H2,14,15). The van der Waals surface area contributed by atoms with Gasteiger partial charge in [0.25, 0.3) is 0 Å². The first kappa shape index (κ1) is 13.6. The number of methoxy groups -OCH3 is 2. The molecule has 0 aliphatic rings. The van der Waals surface area contributed by atoms with E-state index in [4.69, 9.17) is 32.5 Å². The molecule has 94 valence electrons. The summed E-state index contributed by atoms with van der Waals surface area (Å²) in [6.45, 7) is 0. The highest BCUT2D eigenvalue weighted by Gasteiger charge is 2.16.